The van der Waals surface area contributed by atoms with Crippen LogP contribution in [0.2, 0.25) is 0 Å². The molecule has 0 fully saturated rings. The summed E-state index contributed by atoms with van der Waals surface area (Å²) in [5.41, 5.74) is 0. The number of hydrogen-bond donors (Lipinski definition) is 3. The van der Waals surface area contributed by atoms with Crippen molar-refractivity contribution in [3.8, 4) is 0 Å². The van der Waals surface area contributed by atoms with Gasteiger partial charge in [0.15, 0.2) is 6.10 Å². The molecule has 0 bridgehead atoms. The fraction of sp³-hybridized carbons (Fsp3) is 0.857. The van der Waals surface area contributed by atoms with Gasteiger partial charge >= 0.3 is 5.97 Å². The molecule has 4 heteroatoms. The van der Waals surface area contributed by atoms with Gasteiger partial charge in [-0.25, -0.2) is 4.79 Å². The van der Waals surface area contributed by atoms with Gasteiger partial charge in [-0.05, 0) is 19.3 Å². The first kappa shape index (κ1) is 10.4. The Balaban J connectivity index is 3.45. The molecule has 0 aromatic heterocycles. The number of carbonyl (C=O) groups is 1. The maximum atomic E-state index is 10.1. The van der Waals surface area contributed by atoms with Gasteiger partial charge < -0.3 is 15.3 Å². The number of aliphatic hydroxyl groups excluding tert-OH is 2. The lowest BCUT2D eigenvalue weighted by Gasteiger charge is -2.08. The van der Waals surface area contributed by atoms with Gasteiger partial charge in [0.2, 0.25) is 0 Å². The first-order chi connectivity index (χ1) is 5.07. The maximum Gasteiger partial charge on any atom is 0.332 e. The Morgan fingerprint density at radius 3 is 2.27 bits per heavy atom. The van der Waals surface area contributed by atoms with E-state index in [1.54, 1.807) is 6.92 Å². The van der Waals surface area contributed by atoms with Gasteiger partial charge in [0.25, 0.3) is 0 Å². The molecule has 3 N–H and O–H groups in total. The van der Waals surface area contributed by atoms with E-state index >= 15 is 0 Å². The Morgan fingerprint density at radius 2 is 1.91 bits per heavy atom. The van der Waals surface area contributed by atoms with E-state index in [0.717, 1.165) is 0 Å². The van der Waals surface area contributed by atoms with E-state index < -0.39 is 18.2 Å². The zero-order chi connectivity index (χ0) is 8.85. The second kappa shape index (κ2) is 5.09. The molecule has 0 saturated heterocycles. The van der Waals surface area contributed by atoms with E-state index in [0.29, 0.717) is 12.8 Å². The third-order valence-corrected chi connectivity index (χ3v) is 1.53. The summed E-state index contributed by atoms with van der Waals surface area (Å²) in [4.78, 5) is 10.1. The van der Waals surface area contributed by atoms with Crippen molar-refractivity contribution in [2.24, 2.45) is 0 Å². The molecule has 0 rings (SSSR count). The van der Waals surface area contributed by atoms with Crippen LogP contribution in [0.5, 0.6) is 0 Å². The number of aliphatic hydroxyl groups is 2. The molecule has 4 nitrogen and oxygen atoms in total. The average molecular weight is 162 g/mol. The van der Waals surface area contributed by atoms with Crippen molar-refractivity contribution in [3.63, 3.8) is 0 Å². The number of hydrogen-bond acceptors (Lipinski definition) is 3. The third-order valence-electron chi connectivity index (χ3n) is 1.53. The quantitative estimate of drug-likeness (QED) is 0.531. The van der Waals surface area contributed by atoms with Crippen molar-refractivity contribution in [2.75, 3.05) is 0 Å². The second-order valence-electron chi connectivity index (χ2n) is 2.49. The van der Waals surface area contributed by atoms with Gasteiger partial charge in [0, 0.05) is 0 Å². The Kier molecular flexibility index (Phi) is 4.81. The molecule has 0 heterocycles. The number of rotatable bonds is 5. The lowest BCUT2D eigenvalue weighted by Crippen LogP contribution is -2.21. The highest BCUT2D eigenvalue weighted by Crippen LogP contribution is 2.04. The summed E-state index contributed by atoms with van der Waals surface area (Å²) in [6.07, 6.45) is -0.791. The monoisotopic (exact) mass is 162 g/mol. The highest BCUT2D eigenvalue weighted by molar-refractivity contribution is 5.71. The summed E-state index contributed by atoms with van der Waals surface area (Å²) in [5, 5.41) is 26.0. The van der Waals surface area contributed by atoms with Crippen LogP contribution >= 0.6 is 0 Å². The Bertz CT molecular complexity index is 124. The molecular weight excluding hydrogens is 148 g/mol. The van der Waals surface area contributed by atoms with Gasteiger partial charge in [-0.1, -0.05) is 6.92 Å². The zero-order valence-corrected chi connectivity index (χ0v) is 6.53. The predicted molar refractivity (Wildman–Crippen MR) is 39.2 cm³/mol. The SMILES string of the molecule is CCC(O)CCC(O)C(=O)O. The first-order valence-corrected chi connectivity index (χ1v) is 3.66. The van der Waals surface area contributed by atoms with Crippen molar-refractivity contribution in [1.29, 1.82) is 0 Å². The Morgan fingerprint density at radius 1 is 1.36 bits per heavy atom. The van der Waals surface area contributed by atoms with Crippen molar-refractivity contribution < 1.29 is 20.1 Å². The van der Waals surface area contributed by atoms with Gasteiger partial charge in [-0.15, -0.1) is 0 Å². The molecule has 11 heavy (non-hydrogen) atoms. The van der Waals surface area contributed by atoms with Crippen molar-refractivity contribution >= 4 is 5.97 Å². The maximum absolute atomic E-state index is 10.1. The first-order valence-electron chi connectivity index (χ1n) is 3.66. The second-order valence-corrected chi connectivity index (χ2v) is 2.49. The van der Waals surface area contributed by atoms with Crippen LogP contribution in [0.1, 0.15) is 26.2 Å². The van der Waals surface area contributed by atoms with E-state index in [1.165, 1.54) is 0 Å². The topological polar surface area (TPSA) is 77.8 Å². The number of carboxylic acids is 1. The Labute approximate surface area is 65.5 Å². The standard InChI is InChI=1S/C7H14O4/c1-2-5(8)3-4-6(9)7(10)11/h5-6,8-9H,2-4H2,1H3,(H,10,11). The minimum Gasteiger partial charge on any atom is -0.479 e. The number of carboxylic acid groups (broad SMARTS) is 1. The number of aliphatic carboxylic acids is 1. The van der Waals surface area contributed by atoms with Crippen molar-refractivity contribution in [1.82, 2.24) is 0 Å². The normalized spacial score (nSPS) is 15.9. The largest absolute Gasteiger partial charge is 0.479 e. The van der Waals surface area contributed by atoms with Crippen LogP contribution in [0.15, 0.2) is 0 Å². The molecule has 0 amide bonds. The molecule has 66 valence electrons. The lowest BCUT2D eigenvalue weighted by molar-refractivity contribution is -0.147. The minimum atomic E-state index is -1.34. The summed E-state index contributed by atoms with van der Waals surface area (Å²) < 4.78 is 0. The van der Waals surface area contributed by atoms with E-state index in [-0.39, 0.29) is 6.42 Å². The van der Waals surface area contributed by atoms with Gasteiger partial charge in [-0.3, -0.25) is 0 Å². The van der Waals surface area contributed by atoms with Crippen LogP contribution < -0.4 is 0 Å². The molecule has 0 spiro atoms. The summed E-state index contributed by atoms with van der Waals surface area (Å²) >= 11 is 0. The van der Waals surface area contributed by atoms with Crippen LogP contribution in [0, 0.1) is 0 Å². The fourth-order valence-electron chi connectivity index (χ4n) is 0.678. The average Bonchev–Trinajstić information content (AvgIpc) is 1.99. The molecule has 0 aliphatic rings. The van der Waals surface area contributed by atoms with Gasteiger partial charge in [0.05, 0.1) is 6.10 Å². The predicted octanol–water partition coefficient (Wildman–Crippen LogP) is -0.0170. The van der Waals surface area contributed by atoms with Gasteiger partial charge in [0.1, 0.15) is 0 Å². The zero-order valence-electron chi connectivity index (χ0n) is 6.53. The van der Waals surface area contributed by atoms with Gasteiger partial charge in [-0.2, -0.15) is 0 Å². The molecule has 0 aromatic carbocycles. The van der Waals surface area contributed by atoms with Crippen LogP contribution in [-0.4, -0.2) is 33.5 Å². The fourth-order valence-corrected chi connectivity index (χ4v) is 0.678. The summed E-state index contributed by atoms with van der Waals surface area (Å²) in [6.45, 7) is 1.80. The van der Waals surface area contributed by atoms with Crippen LogP contribution in [-0.2, 0) is 4.79 Å². The molecule has 0 radical (unpaired) electrons. The van der Waals surface area contributed by atoms with Crippen LogP contribution in [0.4, 0.5) is 0 Å². The highest BCUT2D eigenvalue weighted by Gasteiger charge is 2.13. The van der Waals surface area contributed by atoms with Crippen molar-refractivity contribution in [3.05, 3.63) is 0 Å². The van der Waals surface area contributed by atoms with Crippen LogP contribution in [0.25, 0.3) is 0 Å². The van der Waals surface area contributed by atoms with Crippen molar-refractivity contribution in [2.45, 2.75) is 38.4 Å². The van der Waals surface area contributed by atoms with E-state index in [9.17, 15) is 4.79 Å². The molecule has 0 saturated carbocycles. The highest BCUT2D eigenvalue weighted by atomic mass is 16.4. The third kappa shape index (κ3) is 4.75. The lowest BCUT2D eigenvalue weighted by atomic mass is 10.1. The summed E-state index contributed by atoms with van der Waals surface area (Å²) in [5.74, 6) is -1.23. The smallest absolute Gasteiger partial charge is 0.332 e. The molecule has 2 atom stereocenters. The Hall–Kier alpha value is -0.610. The molecule has 0 aromatic rings. The van der Waals surface area contributed by atoms with E-state index in [2.05, 4.69) is 0 Å². The molecule has 0 aliphatic carbocycles. The molecule has 2 unspecified atom stereocenters. The minimum absolute atomic E-state index is 0.115. The molecule has 0 aliphatic heterocycles. The summed E-state index contributed by atoms with van der Waals surface area (Å²) in [7, 11) is 0. The summed E-state index contributed by atoms with van der Waals surface area (Å²) in [6, 6.07) is 0. The molecular formula is C7H14O4. The van der Waals surface area contributed by atoms with E-state index in [1.807, 2.05) is 0 Å². The van der Waals surface area contributed by atoms with Crippen LogP contribution in [0.3, 0.4) is 0 Å². The van der Waals surface area contributed by atoms with E-state index in [4.69, 9.17) is 15.3 Å².